The summed E-state index contributed by atoms with van der Waals surface area (Å²) in [5.74, 6) is 0.716. The van der Waals surface area contributed by atoms with E-state index in [4.69, 9.17) is 5.26 Å². The van der Waals surface area contributed by atoms with E-state index in [0.717, 1.165) is 29.2 Å². The molecule has 0 aromatic heterocycles. The van der Waals surface area contributed by atoms with Crippen molar-refractivity contribution in [3.8, 4) is 6.07 Å². The first-order chi connectivity index (χ1) is 10.7. The van der Waals surface area contributed by atoms with Crippen molar-refractivity contribution >= 4 is 23.5 Å². The van der Waals surface area contributed by atoms with Crippen molar-refractivity contribution in [1.29, 1.82) is 5.26 Å². The molecule has 0 spiro atoms. The Morgan fingerprint density at radius 2 is 2.09 bits per heavy atom. The summed E-state index contributed by atoms with van der Waals surface area (Å²) >= 11 is 1.60. The fraction of sp³-hybridized carbons (Fsp3) is 0.529. The van der Waals surface area contributed by atoms with Crippen molar-refractivity contribution in [2.75, 3.05) is 11.1 Å². The van der Waals surface area contributed by atoms with Gasteiger partial charge in [0.25, 0.3) is 0 Å². The Labute approximate surface area is 136 Å². The van der Waals surface area contributed by atoms with Crippen LogP contribution in [0.3, 0.4) is 0 Å². The summed E-state index contributed by atoms with van der Waals surface area (Å²) in [6, 6.07) is 10.1. The van der Waals surface area contributed by atoms with E-state index in [-0.39, 0.29) is 11.9 Å². The van der Waals surface area contributed by atoms with Gasteiger partial charge in [-0.1, -0.05) is 31.4 Å². The third kappa shape index (κ3) is 5.27. The Morgan fingerprint density at radius 1 is 1.36 bits per heavy atom. The molecule has 1 aromatic carbocycles. The third-order valence-electron chi connectivity index (χ3n) is 3.78. The van der Waals surface area contributed by atoms with Gasteiger partial charge >= 0.3 is 6.03 Å². The highest BCUT2D eigenvalue weighted by Crippen LogP contribution is 2.28. The van der Waals surface area contributed by atoms with Crippen LogP contribution in [0.4, 0.5) is 10.5 Å². The number of carbonyl (C=O) groups excluding carboxylic acids is 1. The van der Waals surface area contributed by atoms with Gasteiger partial charge in [-0.2, -0.15) is 5.26 Å². The number of amides is 2. The van der Waals surface area contributed by atoms with Crippen molar-refractivity contribution in [3.63, 3.8) is 0 Å². The molecule has 1 aliphatic carbocycles. The summed E-state index contributed by atoms with van der Waals surface area (Å²) in [6.07, 6.45) is 5.82. The number of carbonyl (C=O) groups is 1. The third-order valence-corrected chi connectivity index (χ3v) is 5.12. The van der Waals surface area contributed by atoms with Gasteiger partial charge in [0.15, 0.2) is 0 Å². The zero-order valence-corrected chi connectivity index (χ0v) is 13.8. The molecule has 0 saturated heterocycles. The number of hydrogen-bond acceptors (Lipinski definition) is 3. The van der Waals surface area contributed by atoms with Gasteiger partial charge in [0, 0.05) is 16.7 Å². The van der Waals surface area contributed by atoms with Crippen LogP contribution in [-0.2, 0) is 0 Å². The summed E-state index contributed by atoms with van der Waals surface area (Å²) in [4.78, 5) is 13.1. The molecule has 2 amide bonds. The van der Waals surface area contributed by atoms with Crippen molar-refractivity contribution < 1.29 is 4.79 Å². The molecule has 4 nitrogen and oxygen atoms in total. The van der Waals surface area contributed by atoms with Gasteiger partial charge in [-0.15, -0.1) is 11.8 Å². The molecule has 5 heteroatoms. The molecule has 1 unspecified atom stereocenters. The highest BCUT2D eigenvalue weighted by molar-refractivity contribution is 7.99. The second-order valence-electron chi connectivity index (χ2n) is 5.77. The van der Waals surface area contributed by atoms with E-state index in [1.54, 1.807) is 11.8 Å². The normalized spacial score (nSPS) is 16.5. The van der Waals surface area contributed by atoms with E-state index in [9.17, 15) is 4.79 Å². The largest absolute Gasteiger partial charge is 0.335 e. The first kappa shape index (κ1) is 16.7. The monoisotopic (exact) mass is 317 g/mol. The smallest absolute Gasteiger partial charge is 0.319 e. The molecule has 2 N–H and O–H groups in total. The van der Waals surface area contributed by atoms with Crippen LogP contribution in [0.15, 0.2) is 29.2 Å². The zero-order chi connectivity index (χ0) is 15.8. The first-order valence-electron chi connectivity index (χ1n) is 7.88. The molecule has 1 aliphatic rings. The fourth-order valence-electron chi connectivity index (χ4n) is 2.54. The average Bonchev–Trinajstić information content (AvgIpc) is 2.54. The van der Waals surface area contributed by atoms with Gasteiger partial charge in [-0.05, 0) is 31.9 Å². The maximum atomic E-state index is 12.1. The molecule has 1 aromatic rings. The molecule has 1 atom stereocenters. The number of hydrogen-bond donors (Lipinski definition) is 2. The van der Waals surface area contributed by atoms with Crippen molar-refractivity contribution in [2.24, 2.45) is 5.92 Å². The molecule has 0 aliphatic heterocycles. The Bertz CT molecular complexity index is 535. The van der Waals surface area contributed by atoms with Gasteiger partial charge in [0.1, 0.15) is 0 Å². The predicted octanol–water partition coefficient (Wildman–Crippen LogP) is 4.39. The van der Waals surface area contributed by atoms with Gasteiger partial charge < -0.3 is 10.6 Å². The van der Waals surface area contributed by atoms with Crippen LogP contribution in [-0.4, -0.2) is 17.8 Å². The summed E-state index contributed by atoms with van der Waals surface area (Å²) in [6.45, 7) is 1.90. The molecule has 0 radical (unpaired) electrons. The minimum absolute atomic E-state index is 0.00544. The molecule has 0 heterocycles. The van der Waals surface area contributed by atoms with E-state index < -0.39 is 0 Å². The van der Waals surface area contributed by atoms with Crippen LogP contribution in [0.2, 0.25) is 0 Å². The van der Waals surface area contributed by atoms with Gasteiger partial charge in [-0.25, -0.2) is 4.79 Å². The van der Waals surface area contributed by atoms with Gasteiger partial charge in [0.2, 0.25) is 0 Å². The second-order valence-corrected chi connectivity index (χ2v) is 6.83. The Balaban J connectivity index is 1.91. The number of nitrogens with one attached hydrogen (secondary N) is 2. The van der Waals surface area contributed by atoms with Crippen LogP contribution in [0.5, 0.6) is 0 Å². The molecule has 1 fully saturated rings. The number of anilines is 1. The Kier molecular flexibility index (Phi) is 6.60. The minimum Gasteiger partial charge on any atom is -0.335 e. The maximum Gasteiger partial charge on any atom is 0.319 e. The van der Waals surface area contributed by atoms with E-state index in [0.29, 0.717) is 6.04 Å². The van der Waals surface area contributed by atoms with Crippen LogP contribution in [0.25, 0.3) is 0 Å². The van der Waals surface area contributed by atoms with Crippen molar-refractivity contribution in [3.05, 3.63) is 24.3 Å². The zero-order valence-electron chi connectivity index (χ0n) is 13.0. The van der Waals surface area contributed by atoms with E-state index in [1.165, 1.54) is 19.3 Å². The molecule has 2 rings (SSSR count). The number of urea groups is 1. The van der Waals surface area contributed by atoms with Crippen LogP contribution in [0.1, 0.15) is 39.0 Å². The lowest BCUT2D eigenvalue weighted by atomic mass is 9.96. The summed E-state index contributed by atoms with van der Waals surface area (Å²) in [5.41, 5.74) is 0.811. The van der Waals surface area contributed by atoms with Crippen LogP contribution < -0.4 is 10.6 Å². The van der Waals surface area contributed by atoms with E-state index in [2.05, 4.69) is 16.7 Å². The van der Waals surface area contributed by atoms with E-state index >= 15 is 0 Å². The summed E-state index contributed by atoms with van der Waals surface area (Å²) in [5, 5.41) is 14.9. The van der Waals surface area contributed by atoms with E-state index in [1.807, 2.05) is 31.2 Å². The number of benzene rings is 1. The molecular formula is C17H23N3OS. The van der Waals surface area contributed by atoms with Gasteiger partial charge in [0.05, 0.1) is 17.7 Å². The quantitative estimate of drug-likeness (QED) is 0.791. The first-order valence-corrected chi connectivity index (χ1v) is 8.86. The minimum atomic E-state index is -0.131. The number of para-hydroxylation sites is 1. The Morgan fingerprint density at radius 3 is 2.82 bits per heavy atom. The standard InChI is InChI=1S/C17H23N3OS/c1-13(11-18)12-22-16-10-6-5-9-15(16)20-17(21)19-14-7-3-2-4-8-14/h5-6,9-10,13-14H,2-4,7-8,12H2,1H3,(H2,19,20,21). The lowest BCUT2D eigenvalue weighted by Gasteiger charge is -2.23. The lowest BCUT2D eigenvalue weighted by Crippen LogP contribution is -2.39. The SMILES string of the molecule is CC(C#N)CSc1ccccc1NC(=O)NC1CCCCC1. The number of nitrogens with zero attached hydrogens (tertiary/aromatic N) is 1. The van der Waals surface area contributed by atoms with Crippen LogP contribution in [0, 0.1) is 17.2 Å². The fourth-order valence-corrected chi connectivity index (χ4v) is 3.49. The number of rotatable bonds is 5. The van der Waals surface area contributed by atoms with Gasteiger partial charge in [-0.3, -0.25) is 0 Å². The molecule has 22 heavy (non-hydrogen) atoms. The number of thioether (sulfide) groups is 1. The lowest BCUT2D eigenvalue weighted by molar-refractivity contribution is 0.244. The summed E-state index contributed by atoms with van der Waals surface area (Å²) < 4.78 is 0. The Hall–Kier alpha value is -1.67. The predicted molar refractivity (Wildman–Crippen MR) is 91.0 cm³/mol. The molecular weight excluding hydrogens is 294 g/mol. The molecule has 0 bridgehead atoms. The molecule has 1 saturated carbocycles. The van der Waals surface area contributed by atoms with Crippen LogP contribution >= 0.6 is 11.8 Å². The average molecular weight is 317 g/mol. The highest BCUT2D eigenvalue weighted by atomic mass is 32.2. The highest BCUT2D eigenvalue weighted by Gasteiger charge is 2.16. The maximum absolute atomic E-state index is 12.1. The second kappa shape index (κ2) is 8.70. The topological polar surface area (TPSA) is 64.9 Å². The molecule has 118 valence electrons. The summed E-state index contributed by atoms with van der Waals surface area (Å²) in [7, 11) is 0. The number of nitriles is 1. The van der Waals surface area contributed by atoms with Crippen molar-refractivity contribution in [1.82, 2.24) is 5.32 Å². The van der Waals surface area contributed by atoms with Crippen molar-refractivity contribution in [2.45, 2.75) is 50.0 Å².